The lowest BCUT2D eigenvalue weighted by Gasteiger charge is -2.25. The molecule has 0 unspecified atom stereocenters. The minimum absolute atomic E-state index is 0.178. The van der Waals surface area contributed by atoms with E-state index in [9.17, 15) is 9.59 Å². The van der Waals surface area contributed by atoms with Gasteiger partial charge in [0.2, 0.25) is 0 Å². The zero-order chi connectivity index (χ0) is 31.7. The van der Waals surface area contributed by atoms with Gasteiger partial charge in [-0.1, -0.05) is 52.2 Å². The van der Waals surface area contributed by atoms with Crippen LogP contribution in [0.4, 0.5) is 0 Å². The van der Waals surface area contributed by atoms with Gasteiger partial charge in [-0.15, -0.1) is 0 Å². The van der Waals surface area contributed by atoms with Gasteiger partial charge in [-0.3, -0.25) is 9.36 Å². The van der Waals surface area contributed by atoms with Crippen molar-refractivity contribution in [2.45, 2.75) is 19.6 Å². The Morgan fingerprint density at radius 1 is 1.02 bits per heavy atom. The molecule has 0 amide bonds. The summed E-state index contributed by atoms with van der Waals surface area (Å²) in [5.74, 6) is 0.739. The highest BCUT2D eigenvalue weighted by atomic mass is 79.9. The van der Waals surface area contributed by atoms with E-state index in [4.69, 9.17) is 53.8 Å². The van der Waals surface area contributed by atoms with Crippen LogP contribution in [0, 0.1) is 0 Å². The number of benzene rings is 3. The number of halogens is 4. The minimum atomic E-state index is -0.883. The van der Waals surface area contributed by atoms with Crippen molar-refractivity contribution in [2.24, 2.45) is 4.99 Å². The van der Waals surface area contributed by atoms with E-state index in [1.165, 1.54) is 37.2 Å². The van der Waals surface area contributed by atoms with Crippen molar-refractivity contribution in [1.82, 2.24) is 4.57 Å². The number of thiazole rings is 1. The molecule has 4 aromatic rings. The van der Waals surface area contributed by atoms with E-state index in [1.807, 2.05) is 6.07 Å². The van der Waals surface area contributed by atoms with Gasteiger partial charge in [0.1, 0.15) is 18.4 Å². The predicted octanol–water partition coefficient (Wildman–Crippen LogP) is 6.73. The molecule has 1 atom stereocenters. The molecular formula is C31H24BrCl3N2O6S. The van der Waals surface area contributed by atoms with Crippen LogP contribution in [0.1, 0.15) is 29.7 Å². The maximum absolute atomic E-state index is 14.0. The Kier molecular flexibility index (Phi) is 9.77. The maximum Gasteiger partial charge on any atom is 0.338 e. The first-order chi connectivity index (χ1) is 21.1. The number of carbonyl (C=O) groups is 1. The smallest absolute Gasteiger partial charge is 0.338 e. The number of methoxy groups -OCH3 is 3. The van der Waals surface area contributed by atoms with E-state index >= 15 is 0 Å². The molecule has 228 valence electrons. The molecule has 0 aliphatic carbocycles. The maximum atomic E-state index is 14.0. The third-order valence-electron chi connectivity index (χ3n) is 6.85. The number of ether oxygens (including phenoxy) is 4. The number of rotatable bonds is 8. The van der Waals surface area contributed by atoms with E-state index in [0.29, 0.717) is 62.9 Å². The van der Waals surface area contributed by atoms with Crippen molar-refractivity contribution in [2.75, 3.05) is 21.3 Å². The molecule has 1 aromatic heterocycles. The summed E-state index contributed by atoms with van der Waals surface area (Å²) in [5, 5.41) is 1.43. The summed E-state index contributed by atoms with van der Waals surface area (Å²) in [6.07, 6.45) is 1.72. The minimum Gasteiger partial charge on any atom is -0.496 e. The molecule has 5 rings (SSSR count). The fourth-order valence-corrected chi connectivity index (χ4v) is 7.07. The summed E-state index contributed by atoms with van der Waals surface area (Å²) >= 11 is 23.4. The third kappa shape index (κ3) is 6.27. The second-order valence-corrected chi connectivity index (χ2v) is 12.7. The molecule has 0 spiro atoms. The molecule has 8 nitrogen and oxygen atoms in total. The topological polar surface area (TPSA) is 88.4 Å². The van der Waals surface area contributed by atoms with E-state index in [-0.39, 0.29) is 17.7 Å². The highest BCUT2D eigenvalue weighted by molar-refractivity contribution is 9.10. The fraction of sp³-hybridized carbons (Fsp3) is 0.194. The van der Waals surface area contributed by atoms with Crippen LogP contribution in [0.3, 0.4) is 0 Å². The van der Waals surface area contributed by atoms with Gasteiger partial charge in [0.25, 0.3) is 5.56 Å². The third-order valence-corrected chi connectivity index (χ3v) is 9.24. The average molecular weight is 739 g/mol. The summed E-state index contributed by atoms with van der Waals surface area (Å²) in [7, 11) is 4.31. The Morgan fingerprint density at radius 2 is 1.73 bits per heavy atom. The molecule has 0 fully saturated rings. The number of carbonyl (C=O) groups excluding carboxylic acids is 1. The van der Waals surface area contributed by atoms with Crippen molar-refractivity contribution in [1.29, 1.82) is 0 Å². The monoisotopic (exact) mass is 736 g/mol. The molecule has 13 heteroatoms. The van der Waals surface area contributed by atoms with Gasteiger partial charge in [0.15, 0.2) is 16.3 Å². The van der Waals surface area contributed by atoms with Gasteiger partial charge < -0.3 is 18.9 Å². The molecule has 3 aromatic carbocycles. The SMILES string of the molecule is COC(=O)C1=C(C)N=c2s/c(=C\c3cc(Br)c(OCc4ccc(Cl)cc4Cl)c(OC)c3)c(=O)n2[C@H]1c1cc(Cl)ccc1OC. The molecule has 44 heavy (non-hydrogen) atoms. The number of fused-ring (bicyclic) bond motifs is 1. The number of allylic oxidation sites excluding steroid dienone is 1. The Bertz CT molecular complexity index is 2010. The lowest BCUT2D eigenvalue weighted by Crippen LogP contribution is -2.40. The van der Waals surface area contributed by atoms with Crippen LogP contribution < -0.4 is 29.1 Å². The summed E-state index contributed by atoms with van der Waals surface area (Å²) in [4.78, 5) is 32.0. The van der Waals surface area contributed by atoms with Gasteiger partial charge in [0.05, 0.1) is 41.6 Å². The first kappa shape index (κ1) is 32.1. The summed E-state index contributed by atoms with van der Waals surface area (Å²) in [6.45, 7) is 1.88. The highest BCUT2D eigenvalue weighted by Gasteiger charge is 2.35. The van der Waals surface area contributed by atoms with Crippen molar-refractivity contribution in [3.8, 4) is 17.2 Å². The van der Waals surface area contributed by atoms with Crippen LogP contribution in [0.15, 0.2) is 74.1 Å². The van der Waals surface area contributed by atoms with E-state index in [2.05, 4.69) is 20.9 Å². The molecule has 0 N–H and O–H groups in total. The Balaban J connectivity index is 1.60. The predicted molar refractivity (Wildman–Crippen MR) is 175 cm³/mol. The molecule has 0 radical (unpaired) electrons. The quantitative estimate of drug-likeness (QED) is 0.187. The lowest BCUT2D eigenvalue weighted by atomic mass is 9.95. The fourth-order valence-electron chi connectivity index (χ4n) is 4.81. The second-order valence-electron chi connectivity index (χ2n) is 9.52. The zero-order valence-corrected chi connectivity index (χ0v) is 28.4. The molecule has 0 saturated carbocycles. The number of aromatic nitrogens is 1. The molecule has 0 bridgehead atoms. The van der Waals surface area contributed by atoms with Crippen molar-refractivity contribution in [3.63, 3.8) is 0 Å². The number of nitrogens with zero attached hydrogens (tertiary/aromatic N) is 2. The normalized spacial score (nSPS) is 14.6. The van der Waals surface area contributed by atoms with Crippen molar-refractivity contribution in [3.05, 3.63) is 116 Å². The largest absolute Gasteiger partial charge is 0.496 e. The van der Waals surface area contributed by atoms with E-state index in [0.717, 1.165) is 5.56 Å². The first-order valence-corrected chi connectivity index (χ1v) is 15.7. The summed E-state index contributed by atoms with van der Waals surface area (Å²) in [6, 6.07) is 12.9. The van der Waals surface area contributed by atoms with E-state index in [1.54, 1.807) is 55.5 Å². The second kappa shape index (κ2) is 13.4. The Labute approximate surface area is 279 Å². The Hall–Kier alpha value is -3.28. The van der Waals surface area contributed by atoms with Gasteiger partial charge in [-0.25, -0.2) is 9.79 Å². The molecular weight excluding hydrogens is 715 g/mol. The molecule has 2 heterocycles. The van der Waals surface area contributed by atoms with Crippen LogP contribution in [-0.4, -0.2) is 31.9 Å². The van der Waals surface area contributed by atoms with Gasteiger partial charge in [-0.2, -0.15) is 0 Å². The van der Waals surface area contributed by atoms with Gasteiger partial charge in [0, 0.05) is 26.2 Å². The van der Waals surface area contributed by atoms with E-state index < -0.39 is 12.0 Å². The number of esters is 1. The zero-order valence-electron chi connectivity index (χ0n) is 23.7. The number of hydrogen-bond acceptors (Lipinski definition) is 8. The summed E-state index contributed by atoms with van der Waals surface area (Å²) in [5.41, 5.74) is 2.21. The van der Waals surface area contributed by atoms with Crippen LogP contribution >= 0.6 is 62.1 Å². The van der Waals surface area contributed by atoms with Crippen LogP contribution in [-0.2, 0) is 16.1 Å². The van der Waals surface area contributed by atoms with Crippen molar-refractivity contribution >= 4 is 74.1 Å². The summed E-state index contributed by atoms with van der Waals surface area (Å²) < 4.78 is 24.8. The molecule has 1 aliphatic rings. The van der Waals surface area contributed by atoms with Crippen LogP contribution in [0.2, 0.25) is 15.1 Å². The van der Waals surface area contributed by atoms with Gasteiger partial charge >= 0.3 is 5.97 Å². The lowest BCUT2D eigenvalue weighted by molar-refractivity contribution is -0.136. The van der Waals surface area contributed by atoms with Gasteiger partial charge in [-0.05, 0) is 77.0 Å². The highest BCUT2D eigenvalue weighted by Crippen LogP contribution is 2.39. The van der Waals surface area contributed by atoms with Crippen LogP contribution in [0.25, 0.3) is 6.08 Å². The standard InChI is InChI=1S/C31H24BrCl3N2O6S/c1-15-26(30(39)42-4)27(20-12-18(33)7-8-23(20)40-2)37-29(38)25(44-31(37)36-15)11-16-9-21(32)28(24(10-16)41-3)43-14-17-5-6-19(34)13-22(17)35/h5-13,27H,14H2,1-4H3/b25-11-/t27-/m0/s1. The first-order valence-electron chi connectivity index (χ1n) is 12.9. The Morgan fingerprint density at radius 3 is 2.41 bits per heavy atom. The molecule has 1 aliphatic heterocycles. The molecule has 0 saturated heterocycles. The van der Waals surface area contributed by atoms with Crippen molar-refractivity contribution < 1.29 is 23.7 Å². The van der Waals surface area contributed by atoms with Crippen LogP contribution in [0.5, 0.6) is 17.2 Å². The average Bonchev–Trinajstić information content (AvgIpc) is 3.29. The number of hydrogen-bond donors (Lipinski definition) is 0.